The van der Waals surface area contributed by atoms with Gasteiger partial charge in [0, 0.05) is 6.21 Å². The zero-order valence-electron chi connectivity index (χ0n) is 12.1. The molecular formula is C12H18N2O6. The van der Waals surface area contributed by atoms with Gasteiger partial charge in [-0.05, 0) is 20.8 Å². The third-order valence-corrected chi connectivity index (χ3v) is 2.45. The second-order valence-corrected chi connectivity index (χ2v) is 5.11. The summed E-state index contributed by atoms with van der Waals surface area (Å²) in [5, 5.41) is 4.54. The van der Waals surface area contributed by atoms with Gasteiger partial charge in [0.05, 0.1) is 14.2 Å². The van der Waals surface area contributed by atoms with Gasteiger partial charge < -0.3 is 14.2 Å². The maximum atomic E-state index is 12.0. The van der Waals surface area contributed by atoms with E-state index >= 15 is 0 Å². The Hall–Kier alpha value is -2.12. The predicted octanol–water partition coefficient (Wildman–Crippen LogP) is 0.554. The highest BCUT2D eigenvalue weighted by molar-refractivity contribution is 6.00. The zero-order chi connectivity index (χ0) is 15.5. The highest BCUT2D eigenvalue weighted by Gasteiger charge is 2.46. The lowest BCUT2D eigenvalue weighted by atomic mass is 10.0. The van der Waals surface area contributed by atoms with E-state index in [0.717, 1.165) is 18.3 Å². The zero-order valence-corrected chi connectivity index (χ0v) is 12.1. The molecule has 0 saturated carbocycles. The fourth-order valence-electron chi connectivity index (χ4n) is 1.61. The van der Waals surface area contributed by atoms with Crippen molar-refractivity contribution >= 4 is 24.2 Å². The van der Waals surface area contributed by atoms with Gasteiger partial charge in [0.15, 0.2) is 6.04 Å². The van der Waals surface area contributed by atoms with Crippen LogP contribution in [0, 0.1) is 5.92 Å². The number of rotatable bonds is 2. The van der Waals surface area contributed by atoms with E-state index in [2.05, 4.69) is 14.6 Å². The van der Waals surface area contributed by atoms with Gasteiger partial charge >= 0.3 is 18.0 Å². The molecule has 0 aromatic heterocycles. The van der Waals surface area contributed by atoms with Crippen LogP contribution in [0.15, 0.2) is 5.10 Å². The molecule has 0 aliphatic carbocycles. The van der Waals surface area contributed by atoms with Crippen LogP contribution in [-0.2, 0) is 23.8 Å². The van der Waals surface area contributed by atoms with E-state index in [1.807, 2.05) is 0 Å². The van der Waals surface area contributed by atoms with Crippen LogP contribution in [-0.4, -0.2) is 55.1 Å². The Morgan fingerprint density at radius 3 is 2.10 bits per heavy atom. The number of carbonyl (C=O) groups is 3. The molecule has 1 rings (SSSR count). The Morgan fingerprint density at radius 1 is 1.10 bits per heavy atom. The lowest BCUT2D eigenvalue weighted by molar-refractivity contribution is -0.154. The van der Waals surface area contributed by atoms with Gasteiger partial charge in [0.25, 0.3) is 0 Å². The molecular weight excluding hydrogens is 268 g/mol. The molecule has 0 spiro atoms. The summed E-state index contributed by atoms with van der Waals surface area (Å²) in [6.45, 7) is 5.03. The minimum atomic E-state index is -1.22. The first-order valence-electron chi connectivity index (χ1n) is 5.93. The van der Waals surface area contributed by atoms with Crippen LogP contribution < -0.4 is 0 Å². The first-order chi connectivity index (χ1) is 9.21. The van der Waals surface area contributed by atoms with Crippen molar-refractivity contribution in [3.63, 3.8) is 0 Å². The Morgan fingerprint density at radius 2 is 1.65 bits per heavy atom. The Kier molecular flexibility index (Phi) is 4.69. The van der Waals surface area contributed by atoms with Crippen molar-refractivity contribution in [3.05, 3.63) is 0 Å². The van der Waals surface area contributed by atoms with Crippen LogP contribution in [0.4, 0.5) is 4.79 Å². The van der Waals surface area contributed by atoms with Gasteiger partial charge in [-0.1, -0.05) is 0 Å². The molecule has 1 amide bonds. The molecule has 0 saturated heterocycles. The molecule has 2 atom stereocenters. The van der Waals surface area contributed by atoms with E-state index in [9.17, 15) is 14.4 Å². The number of ether oxygens (including phenoxy) is 3. The van der Waals surface area contributed by atoms with Gasteiger partial charge in [0.2, 0.25) is 0 Å². The number of esters is 2. The average Bonchev–Trinajstić information content (AvgIpc) is 2.79. The molecule has 8 heteroatoms. The number of amides is 1. The van der Waals surface area contributed by atoms with Crippen LogP contribution in [0.1, 0.15) is 20.8 Å². The minimum absolute atomic E-state index is 0.685. The van der Waals surface area contributed by atoms with Crippen molar-refractivity contribution in [2.75, 3.05) is 14.2 Å². The Labute approximate surface area is 116 Å². The smallest absolute Gasteiger partial charge is 0.431 e. The second kappa shape index (κ2) is 5.89. The highest BCUT2D eigenvalue weighted by atomic mass is 16.6. The molecule has 112 valence electrons. The largest absolute Gasteiger partial charge is 0.468 e. The molecule has 0 aromatic carbocycles. The number of hydrazone groups is 1. The summed E-state index contributed by atoms with van der Waals surface area (Å²) in [5.41, 5.74) is -0.753. The van der Waals surface area contributed by atoms with Gasteiger partial charge in [-0.2, -0.15) is 10.1 Å². The third kappa shape index (κ3) is 3.46. The van der Waals surface area contributed by atoms with E-state index in [0.29, 0.717) is 0 Å². The lowest BCUT2D eigenvalue weighted by Gasteiger charge is -2.26. The normalized spacial score (nSPS) is 21.6. The number of carbonyl (C=O) groups excluding carboxylic acids is 3. The molecule has 0 bridgehead atoms. The summed E-state index contributed by atoms with van der Waals surface area (Å²) in [7, 11) is 2.34. The van der Waals surface area contributed by atoms with Crippen molar-refractivity contribution in [1.29, 1.82) is 0 Å². The third-order valence-electron chi connectivity index (χ3n) is 2.45. The van der Waals surface area contributed by atoms with E-state index < -0.39 is 35.6 Å². The summed E-state index contributed by atoms with van der Waals surface area (Å²) >= 11 is 0. The predicted molar refractivity (Wildman–Crippen MR) is 67.9 cm³/mol. The summed E-state index contributed by atoms with van der Waals surface area (Å²) in [6, 6.07) is -1.22. The molecule has 0 aromatic rings. The monoisotopic (exact) mass is 286 g/mol. The number of nitrogens with zero attached hydrogens (tertiary/aromatic N) is 2. The van der Waals surface area contributed by atoms with Gasteiger partial charge in [0.1, 0.15) is 11.5 Å². The molecule has 8 nitrogen and oxygen atoms in total. The van der Waals surface area contributed by atoms with E-state index in [1.165, 1.54) is 7.11 Å². The van der Waals surface area contributed by atoms with Crippen molar-refractivity contribution in [2.24, 2.45) is 11.0 Å². The Balaban J connectivity index is 2.96. The van der Waals surface area contributed by atoms with Gasteiger partial charge in [-0.3, -0.25) is 4.79 Å². The van der Waals surface area contributed by atoms with Crippen LogP contribution in [0.3, 0.4) is 0 Å². The molecule has 1 aliphatic heterocycles. The SMILES string of the molecule is COC(=O)[C@H]1C=NN(C(=O)OC(C)(C)C)[C@@H]1C(=O)OC. The molecule has 0 N–H and O–H groups in total. The molecule has 0 unspecified atom stereocenters. The average molecular weight is 286 g/mol. The lowest BCUT2D eigenvalue weighted by Crippen LogP contribution is -2.47. The minimum Gasteiger partial charge on any atom is -0.468 e. The summed E-state index contributed by atoms with van der Waals surface area (Å²) in [6.07, 6.45) is 0.327. The van der Waals surface area contributed by atoms with Crippen LogP contribution >= 0.6 is 0 Å². The van der Waals surface area contributed by atoms with Crippen LogP contribution in [0.5, 0.6) is 0 Å². The Bertz CT molecular complexity index is 440. The molecule has 0 radical (unpaired) electrons. The molecule has 20 heavy (non-hydrogen) atoms. The molecule has 1 aliphatic rings. The van der Waals surface area contributed by atoms with Crippen molar-refractivity contribution in [3.8, 4) is 0 Å². The maximum Gasteiger partial charge on any atom is 0.431 e. The maximum absolute atomic E-state index is 12.0. The van der Waals surface area contributed by atoms with E-state index in [-0.39, 0.29) is 0 Å². The van der Waals surface area contributed by atoms with Crippen molar-refractivity contribution in [2.45, 2.75) is 32.4 Å². The second-order valence-electron chi connectivity index (χ2n) is 5.11. The number of hydrogen-bond acceptors (Lipinski definition) is 7. The van der Waals surface area contributed by atoms with E-state index in [4.69, 9.17) is 4.74 Å². The summed E-state index contributed by atoms with van der Waals surface area (Å²) in [5.74, 6) is -2.47. The van der Waals surface area contributed by atoms with Crippen molar-refractivity contribution < 1.29 is 28.6 Å². The highest BCUT2D eigenvalue weighted by Crippen LogP contribution is 2.23. The number of hydrogen-bond donors (Lipinski definition) is 0. The standard InChI is InChI=1S/C12H18N2O6/c1-12(2,3)20-11(17)14-8(10(16)19-5)7(6-13-14)9(15)18-4/h6-8H,1-5H3/t7-,8-/m0/s1. The first kappa shape index (κ1) is 15.9. The van der Waals surface area contributed by atoms with Crippen LogP contribution in [0.2, 0.25) is 0 Å². The topological polar surface area (TPSA) is 94.5 Å². The number of methoxy groups -OCH3 is 2. The van der Waals surface area contributed by atoms with Gasteiger partial charge in [-0.25, -0.2) is 9.59 Å². The first-order valence-corrected chi connectivity index (χ1v) is 5.93. The fraction of sp³-hybridized carbons (Fsp3) is 0.667. The van der Waals surface area contributed by atoms with Crippen LogP contribution in [0.25, 0.3) is 0 Å². The summed E-state index contributed by atoms with van der Waals surface area (Å²) in [4.78, 5) is 35.3. The molecule has 1 heterocycles. The molecule has 0 fully saturated rings. The van der Waals surface area contributed by atoms with E-state index in [1.54, 1.807) is 20.8 Å². The fourth-order valence-corrected chi connectivity index (χ4v) is 1.61. The summed E-state index contributed by atoms with van der Waals surface area (Å²) < 4.78 is 14.3. The van der Waals surface area contributed by atoms with Crippen molar-refractivity contribution in [1.82, 2.24) is 5.01 Å². The van der Waals surface area contributed by atoms with Gasteiger partial charge in [-0.15, -0.1) is 0 Å². The quantitative estimate of drug-likeness (QED) is 0.543.